The lowest BCUT2D eigenvalue weighted by Crippen LogP contribution is -2.34. The molecule has 1 aliphatic heterocycles. The zero-order valence-corrected chi connectivity index (χ0v) is 19.4. The number of amides is 5. The van der Waals surface area contributed by atoms with Crippen LogP contribution >= 0.6 is 0 Å². The number of hydrogen-bond acceptors (Lipinski definition) is 7. The fraction of sp³-hybridized carbons (Fsp3) is 0.522. The maximum atomic E-state index is 12.8. The summed E-state index contributed by atoms with van der Waals surface area (Å²) >= 11 is 0. The number of rotatable bonds is 17. The van der Waals surface area contributed by atoms with Gasteiger partial charge in [-0.1, -0.05) is 6.07 Å². The van der Waals surface area contributed by atoms with Crippen LogP contribution in [0.25, 0.3) is 0 Å². The summed E-state index contributed by atoms with van der Waals surface area (Å²) in [6.07, 6.45) is 2.53. The number of nitrogens with zero attached hydrogens (tertiary/aromatic N) is 1. The minimum atomic E-state index is -0.382. The first kappa shape index (κ1) is 26.9. The van der Waals surface area contributed by atoms with E-state index in [4.69, 9.17) is 4.74 Å². The van der Waals surface area contributed by atoms with Crippen molar-refractivity contribution >= 4 is 36.2 Å². The SMILES string of the molecule is CC(CCC(=O)NC=O)N1Cc2c(NC(=O)CCCNCCOCCNC=O)cccc2C1=O. The maximum absolute atomic E-state index is 12.8. The Bertz CT molecular complexity index is 862. The Kier molecular flexibility index (Phi) is 11.7. The number of nitrogens with one attached hydrogen (secondary N) is 4. The first-order valence-corrected chi connectivity index (χ1v) is 11.4. The van der Waals surface area contributed by atoms with Gasteiger partial charge in [-0.3, -0.25) is 29.3 Å². The normalized spacial score (nSPS) is 13.2. The summed E-state index contributed by atoms with van der Waals surface area (Å²) in [5.41, 5.74) is 1.94. The van der Waals surface area contributed by atoms with Gasteiger partial charge >= 0.3 is 0 Å². The Morgan fingerprint density at radius 1 is 1.09 bits per heavy atom. The van der Waals surface area contributed by atoms with E-state index in [1.165, 1.54) is 0 Å². The number of carbonyl (C=O) groups excluding carboxylic acids is 5. The van der Waals surface area contributed by atoms with Gasteiger partial charge in [-0.2, -0.15) is 0 Å². The predicted octanol–water partition coefficient (Wildman–Crippen LogP) is 0.155. The Hall–Kier alpha value is -3.31. The minimum absolute atomic E-state index is 0.129. The molecule has 2 rings (SSSR count). The van der Waals surface area contributed by atoms with Crippen molar-refractivity contribution in [2.45, 2.75) is 45.2 Å². The summed E-state index contributed by atoms with van der Waals surface area (Å²) in [6.45, 7) is 4.99. The van der Waals surface area contributed by atoms with Crippen molar-refractivity contribution in [3.05, 3.63) is 29.3 Å². The lowest BCUT2D eigenvalue weighted by atomic mass is 10.1. The zero-order valence-electron chi connectivity index (χ0n) is 19.4. The molecule has 0 radical (unpaired) electrons. The summed E-state index contributed by atoms with van der Waals surface area (Å²) in [6, 6.07) is 5.06. The molecule has 1 unspecified atom stereocenters. The van der Waals surface area contributed by atoms with E-state index in [2.05, 4.69) is 21.3 Å². The van der Waals surface area contributed by atoms with Crippen molar-refractivity contribution in [3.8, 4) is 0 Å². The molecule has 1 aromatic rings. The van der Waals surface area contributed by atoms with E-state index in [1.807, 2.05) is 6.92 Å². The van der Waals surface area contributed by atoms with Crippen LogP contribution < -0.4 is 21.3 Å². The summed E-state index contributed by atoms with van der Waals surface area (Å²) in [5, 5.41) is 10.7. The van der Waals surface area contributed by atoms with Gasteiger partial charge in [0.25, 0.3) is 5.91 Å². The predicted molar refractivity (Wildman–Crippen MR) is 125 cm³/mol. The standard InChI is InChI=1S/C23H33N5O6/c1-17(7-8-21(31)26-16-30)28-14-19-18(23(28)33)4-2-5-20(19)27-22(32)6-3-9-24-10-12-34-13-11-25-15-29/h2,4-5,15-17,24H,3,6-14H2,1H3,(H,25,29)(H,27,32)(H,26,30,31). The average Bonchev–Trinajstić information content (AvgIpc) is 3.16. The smallest absolute Gasteiger partial charge is 0.254 e. The highest BCUT2D eigenvalue weighted by Crippen LogP contribution is 2.31. The van der Waals surface area contributed by atoms with Crippen LogP contribution in [0.15, 0.2) is 18.2 Å². The molecule has 0 aliphatic carbocycles. The summed E-state index contributed by atoms with van der Waals surface area (Å²) < 4.78 is 5.33. The maximum Gasteiger partial charge on any atom is 0.254 e. The summed E-state index contributed by atoms with van der Waals surface area (Å²) in [5.74, 6) is -0.647. The van der Waals surface area contributed by atoms with Crippen LogP contribution in [0.2, 0.25) is 0 Å². The highest BCUT2D eigenvalue weighted by Gasteiger charge is 2.32. The molecule has 0 bridgehead atoms. The molecule has 0 aromatic heterocycles. The lowest BCUT2D eigenvalue weighted by Gasteiger charge is -2.24. The van der Waals surface area contributed by atoms with Gasteiger partial charge in [0.05, 0.1) is 13.2 Å². The molecule has 5 amide bonds. The van der Waals surface area contributed by atoms with Gasteiger partial charge in [-0.05, 0) is 38.4 Å². The van der Waals surface area contributed by atoms with Crippen LogP contribution in [-0.2, 0) is 30.5 Å². The summed E-state index contributed by atoms with van der Waals surface area (Å²) in [4.78, 5) is 58.9. The number of benzene rings is 1. The highest BCUT2D eigenvalue weighted by molar-refractivity contribution is 6.02. The molecule has 0 saturated heterocycles. The monoisotopic (exact) mass is 475 g/mol. The third-order valence-electron chi connectivity index (χ3n) is 5.47. The Balaban J connectivity index is 1.75. The molecule has 4 N–H and O–H groups in total. The number of anilines is 1. The number of hydrogen-bond donors (Lipinski definition) is 4. The van der Waals surface area contributed by atoms with Gasteiger partial charge in [-0.25, -0.2) is 0 Å². The van der Waals surface area contributed by atoms with Crippen LogP contribution in [-0.4, -0.2) is 74.3 Å². The van der Waals surface area contributed by atoms with Gasteiger partial charge in [0.15, 0.2) is 0 Å². The van der Waals surface area contributed by atoms with Crippen LogP contribution in [0.3, 0.4) is 0 Å². The number of carbonyl (C=O) groups is 5. The van der Waals surface area contributed by atoms with E-state index in [0.29, 0.717) is 82.7 Å². The van der Waals surface area contributed by atoms with E-state index in [1.54, 1.807) is 23.1 Å². The van der Waals surface area contributed by atoms with Crippen molar-refractivity contribution in [2.75, 3.05) is 38.2 Å². The molecular weight excluding hydrogens is 442 g/mol. The number of fused-ring (bicyclic) bond motifs is 1. The number of imide groups is 1. The molecule has 0 spiro atoms. The van der Waals surface area contributed by atoms with Crippen LogP contribution in [0.1, 0.15) is 48.5 Å². The van der Waals surface area contributed by atoms with Gasteiger partial charge in [0.1, 0.15) is 0 Å². The second-order valence-electron chi connectivity index (χ2n) is 7.92. The third kappa shape index (κ3) is 8.56. The van der Waals surface area contributed by atoms with Crippen molar-refractivity contribution in [3.63, 3.8) is 0 Å². The zero-order chi connectivity index (χ0) is 24.8. The van der Waals surface area contributed by atoms with E-state index in [0.717, 1.165) is 5.56 Å². The minimum Gasteiger partial charge on any atom is -0.378 e. The van der Waals surface area contributed by atoms with E-state index < -0.39 is 0 Å². The Labute approximate surface area is 199 Å². The number of ether oxygens (including phenoxy) is 1. The molecule has 1 heterocycles. The van der Waals surface area contributed by atoms with Crippen molar-refractivity contribution < 1.29 is 28.7 Å². The third-order valence-corrected chi connectivity index (χ3v) is 5.47. The molecule has 0 saturated carbocycles. The second kappa shape index (κ2) is 14.8. The van der Waals surface area contributed by atoms with Gasteiger partial charge in [-0.15, -0.1) is 0 Å². The second-order valence-corrected chi connectivity index (χ2v) is 7.92. The van der Waals surface area contributed by atoms with E-state index in [-0.39, 0.29) is 30.2 Å². The average molecular weight is 476 g/mol. The van der Waals surface area contributed by atoms with Crippen molar-refractivity contribution in [1.82, 2.24) is 20.9 Å². The van der Waals surface area contributed by atoms with Crippen LogP contribution in [0, 0.1) is 0 Å². The van der Waals surface area contributed by atoms with Gasteiger partial charge in [0, 0.05) is 55.3 Å². The lowest BCUT2D eigenvalue weighted by molar-refractivity contribution is -0.125. The fourth-order valence-corrected chi connectivity index (χ4v) is 3.61. The summed E-state index contributed by atoms with van der Waals surface area (Å²) in [7, 11) is 0. The fourth-order valence-electron chi connectivity index (χ4n) is 3.61. The molecular formula is C23H33N5O6. The Morgan fingerprint density at radius 3 is 2.65 bits per heavy atom. The Morgan fingerprint density at radius 2 is 1.88 bits per heavy atom. The first-order chi connectivity index (χ1) is 16.5. The van der Waals surface area contributed by atoms with Crippen LogP contribution in [0.5, 0.6) is 0 Å². The van der Waals surface area contributed by atoms with Gasteiger partial charge < -0.3 is 25.6 Å². The molecule has 186 valence electrons. The van der Waals surface area contributed by atoms with E-state index in [9.17, 15) is 24.0 Å². The van der Waals surface area contributed by atoms with Crippen LogP contribution in [0.4, 0.5) is 5.69 Å². The molecule has 1 aromatic carbocycles. The topological polar surface area (TPSA) is 146 Å². The van der Waals surface area contributed by atoms with Crippen molar-refractivity contribution in [1.29, 1.82) is 0 Å². The molecule has 11 nitrogen and oxygen atoms in total. The largest absolute Gasteiger partial charge is 0.378 e. The highest BCUT2D eigenvalue weighted by atomic mass is 16.5. The molecule has 11 heteroatoms. The quantitative estimate of drug-likeness (QED) is 0.185. The molecule has 0 fully saturated rings. The van der Waals surface area contributed by atoms with Crippen molar-refractivity contribution in [2.24, 2.45) is 0 Å². The first-order valence-electron chi connectivity index (χ1n) is 11.4. The molecule has 34 heavy (non-hydrogen) atoms. The van der Waals surface area contributed by atoms with Gasteiger partial charge in [0.2, 0.25) is 24.6 Å². The molecule has 1 atom stereocenters. The molecule has 1 aliphatic rings. The van der Waals surface area contributed by atoms with E-state index >= 15 is 0 Å².